The summed E-state index contributed by atoms with van der Waals surface area (Å²) in [5, 5.41) is 9.73. The molecular weight excluding hydrogens is 222 g/mol. The van der Waals surface area contributed by atoms with Crippen molar-refractivity contribution in [2.24, 2.45) is 10.3 Å². The molecule has 1 aliphatic heterocycles. The van der Waals surface area contributed by atoms with Gasteiger partial charge in [-0.05, 0) is 12.8 Å². The van der Waals surface area contributed by atoms with E-state index < -0.39 is 11.2 Å². The summed E-state index contributed by atoms with van der Waals surface area (Å²) in [5.74, 6) is 0. The van der Waals surface area contributed by atoms with Crippen molar-refractivity contribution >= 4 is 5.69 Å². The highest BCUT2D eigenvalue weighted by Crippen LogP contribution is 2.11. The predicted octanol–water partition coefficient (Wildman–Crippen LogP) is 0.938. The molecule has 17 heavy (non-hydrogen) atoms. The summed E-state index contributed by atoms with van der Waals surface area (Å²) in [4.78, 5) is 26.6. The molecule has 7 nitrogen and oxygen atoms in total. The first kappa shape index (κ1) is 11.6. The molecule has 0 atom stereocenters. The Morgan fingerprint density at radius 1 is 1.12 bits per heavy atom. The summed E-state index contributed by atoms with van der Waals surface area (Å²) in [6.45, 7) is 1.73. The third-order valence-electron chi connectivity index (χ3n) is 2.66. The van der Waals surface area contributed by atoms with Gasteiger partial charge in [0.05, 0.1) is 0 Å². The molecule has 1 aromatic rings. The molecule has 1 aliphatic rings. The lowest BCUT2D eigenvalue weighted by Gasteiger charge is -2.13. The average Bonchev–Trinajstić information content (AvgIpc) is 2.56. The molecule has 0 radical (unpaired) electrons. The van der Waals surface area contributed by atoms with Crippen LogP contribution in [0.15, 0.2) is 26.1 Å². The summed E-state index contributed by atoms with van der Waals surface area (Å²) >= 11 is 0. The van der Waals surface area contributed by atoms with Gasteiger partial charge in [-0.1, -0.05) is 18.1 Å². The molecule has 2 heterocycles. The van der Waals surface area contributed by atoms with E-state index in [1.54, 1.807) is 0 Å². The third kappa shape index (κ3) is 3.27. The van der Waals surface area contributed by atoms with Crippen LogP contribution in [0, 0.1) is 0 Å². The molecule has 0 saturated carbocycles. The third-order valence-corrected chi connectivity index (χ3v) is 2.66. The van der Waals surface area contributed by atoms with E-state index in [0.29, 0.717) is 0 Å². The lowest BCUT2D eigenvalue weighted by molar-refractivity contribution is 0.281. The first-order valence-corrected chi connectivity index (χ1v) is 5.74. The fourth-order valence-electron chi connectivity index (χ4n) is 1.73. The fraction of sp³-hybridized carbons (Fsp3) is 0.600. The van der Waals surface area contributed by atoms with E-state index in [-0.39, 0.29) is 5.69 Å². The summed E-state index contributed by atoms with van der Waals surface area (Å²) in [5.41, 5.74) is -0.940. The van der Waals surface area contributed by atoms with E-state index in [1.165, 1.54) is 19.0 Å². The molecule has 92 valence electrons. The zero-order valence-electron chi connectivity index (χ0n) is 9.48. The molecule has 2 N–H and O–H groups in total. The molecule has 1 saturated heterocycles. The van der Waals surface area contributed by atoms with Gasteiger partial charge < -0.3 is 4.98 Å². The van der Waals surface area contributed by atoms with E-state index in [2.05, 4.69) is 20.3 Å². The molecule has 1 aromatic heterocycles. The number of hydrogen-bond acceptors (Lipinski definition) is 4. The van der Waals surface area contributed by atoms with Gasteiger partial charge in [0.25, 0.3) is 5.56 Å². The zero-order chi connectivity index (χ0) is 12.1. The van der Waals surface area contributed by atoms with E-state index >= 15 is 0 Å². The van der Waals surface area contributed by atoms with Crippen molar-refractivity contribution in [3.8, 4) is 0 Å². The average molecular weight is 237 g/mol. The van der Waals surface area contributed by atoms with Crippen molar-refractivity contribution in [2.75, 3.05) is 13.1 Å². The van der Waals surface area contributed by atoms with Crippen LogP contribution >= 0.6 is 0 Å². The first-order chi connectivity index (χ1) is 8.25. The summed E-state index contributed by atoms with van der Waals surface area (Å²) in [6.07, 6.45) is 5.89. The van der Waals surface area contributed by atoms with Crippen molar-refractivity contribution in [3.05, 3.63) is 27.0 Å². The predicted molar refractivity (Wildman–Crippen MR) is 62.2 cm³/mol. The minimum absolute atomic E-state index is 0.119. The molecule has 0 spiro atoms. The van der Waals surface area contributed by atoms with Crippen LogP contribution in [0.2, 0.25) is 0 Å². The molecule has 7 heteroatoms. The van der Waals surface area contributed by atoms with E-state index in [1.807, 2.05) is 5.01 Å². The van der Waals surface area contributed by atoms with Crippen LogP contribution in [0.4, 0.5) is 5.69 Å². The van der Waals surface area contributed by atoms with Crippen molar-refractivity contribution in [3.63, 3.8) is 0 Å². The number of nitrogens with zero attached hydrogens (tertiary/aromatic N) is 3. The Hall–Kier alpha value is -1.92. The highest BCUT2D eigenvalue weighted by Gasteiger charge is 2.06. The Bertz CT molecular complexity index is 496. The second-order valence-electron chi connectivity index (χ2n) is 4.01. The zero-order valence-corrected chi connectivity index (χ0v) is 9.48. The highest BCUT2D eigenvalue weighted by molar-refractivity contribution is 5.27. The maximum Gasteiger partial charge on any atom is 0.325 e. The minimum atomic E-state index is -0.538. The number of nitrogens with one attached hydrogen (secondary N) is 2. The second kappa shape index (κ2) is 5.42. The van der Waals surface area contributed by atoms with E-state index in [4.69, 9.17) is 0 Å². The highest BCUT2D eigenvalue weighted by atomic mass is 16.2. The van der Waals surface area contributed by atoms with E-state index in [0.717, 1.165) is 25.9 Å². The van der Waals surface area contributed by atoms with Gasteiger partial charge in [-0.25, -0.2) is 4.79 Å². The summed E-state index contributed by atoms with van der Waals surface area (Å²) < 4.78 is 0. The summed E-state index contributed by atoms with van der Waals surface area (Å²) in [7, 11) is 0. The van der Waals surface area contributed by atoms with Gasteiger partial charge in [0.15, 0.2) is 5.69 Å². The van der Waals surface area contributed by atoms with Crippen molar-refractivity contribution in [1.82, 2.24) is 15.0 Å². The SMILES string of the molecule is O=c1[nH]cc(N=NN2CCCCCC2)c(=O)[nH]1. The van der Waals surface area contributed by atoms with Crippen molar-refractivity contribution in [2.45, 2.75) is 25.7 Å². The smallest absolute Gasteiger partial charge is 0.312 e. The Balaban J connectivity index is 2.08. The van der Waals surface area contributed by atoms with Crippen molar-refractivity contribution in [1.29, 1.82) is 0 Å². The fourth-order valence-corrected chi connectivity index (χ4v) is 1.73. The maximum absolute atomic E-state index is 11.3. The van der Waals surface area contributed by atoms with E-state index in [9.17, 15) is 9.59 Å². The number of aromatic nitrogens is 2. The van der Waals surface area contributed by atoms with Crippen LogP contribution in [-0.2, 0) is 0 Å². The molecule has 0 aromatic carbocycles. The standard InChI is InChI=1S/C10H15N5O2/c16-9-8(7-11-10(17)12-9)13-14-15-5-3-1-2-4-6-15/h7H,1-6H2,(H2,11,12,16,17). The normalized spacial score (nSPS) is 17.3. The monoisotopic (exact) mass is 237 g/mol. The Labute approximate surface area is 97.6 Å². The number of aromatic amines is 2. The van der Waals surface area contributed by atoms with Crippen LogP contribution in [0.25, 0.3) is 0 Å². The lowest BCUT2D eigenvalue weighted by Crippen LogP contribution is -2.21. The molecule has 1 fully saturated rings. The Morgan fingerprint density at radius 3 is 2.47 bits per heavy atom. The van der Waals surface area contributed by atoms with Gasteiger partial charge in [0.2, 0.25) is 0 Å². The van der Waals surface area contributed by atoms with Gasteiger partial charge in [-0.3, -0.25) is 14.8 Å². The van der Waals surface area contributed by atoms with Crippen LogP contribution in [0.3, 0.4) is 0 Å². The Morgan fingerprint density at radius 2 is 1.82 bits per heavy atom. The van der Waals surface area contributed by atoms with Crippen LogP contribution in [0.5, 0.6) is 0 Å². The molecule has 2 rings (SSSR count). The largest absolute Gasteiger partial charge is 0.325 e. The molecule has 0 unspecified atom stereocenters. The molecule has 0 bridgehead atoms. The number of H-pyrrole nitrogens is 2. The summed E-state index contributed by atoms with van der Waals surface area (Å²) in [6, 6.07) is 0. The lowest BCUT2D eigenvalue weighted by atomic mass is 10.2. The van der Waals surface area contributed by atoms with Gasteiger partial charge in [-0.2, -0.15) is 0 Å². The van der Waals surface area contributed by atoms with Crippen LogP contribution in [0.1, 0.15) is 25.7 Å². The van der Waals surface area contributed by atoms with Gasteiger partial charge in [0.1, 0.15) is 0 Å². The van der Waals surface area contributed by atoms with Crippen LogP contribution < -0.4 is 11.2 Å². The second-order valence-corrected chi connectivity index (χ2v) is 4.01. The maximum atomic E-state index is 11.3. The van der Waals surface area contributed by atoms with Gasteiger partial charge in [-0.15, -0.1) is 5.11 Å². The topological polar surface area (TPSA) is 93.7 Å². The number of hydrogen-bond donors (Lipinski definition) is 2. The quantitative estimate of drug-likeness (QED) is 0.749. The van der Waals surface area contributed by atoms with Gasteiger partial charge in [0, 0.05) is 19.3 Å². The molecular formula is C10H15N5O2. The van der Waals surface area contributed by atoms with Gasteiger partial charge >= 0.3 is 5.69 Å². The van der Waals surface area contributed by atoms with Crippen molar-refractivity contribution < 1.29 is 0 Å². The minimum Gasteiger partial charge on any atom is -0.312 e. The number of rotatable bonds is 2. The first-order valence-electron chi connectivity index (χ1n) is 5.74. The van der Waals surface area contributed by atoms with Crippen LogP contribution in [-0.4, -0.2) is 28.1 Å². The molecule has 0 aliphatic carbocycles. The Kier molecular flexibility index (Phi) is 3.69. The molecule has 0 amide bonds.